The van der Waals surface area contributed by atoms with Crippen LogP contribution in [0.15, 0.2) is 24.3 Å². The molecule has 3 aliphatic rings. The molecular formula is C20H30O4. The van der Waals surface area contributed by atoms with Crippen molar-refractivity contribution in [1.29, 1.82) is 0 Å². The van der Waals surface area contributed by atoms with Crippen molar-refractivity contribution < 1.29 is 20.1 Å². The van der Waals surface area contributed by atoms with Crippen LogP contribution in [0.1, 0.15) is 52.9 Å². The number of hydrogen-bond acceptors (Lipinski definition) is 3. The minimum atomic E-state index is -0.802. The average Bonchev–Trinajstić information content (AvgIpc) is 2.52. The Balaban J connectivity index is 2.08. The van der Waals surface area contributed by atoms with Gasteiger partial charge in [-0.3, -0.25) is 4.79 Å². The van der Waals surface area contributed by atoms with E-state index < -0.39 is 29.0 Å². The molecule has 4 nitrogen and oxygen atoms in total. The van der Waals surface area contributed by atoms with Gasteiger partial charge in [-0.05, 0) is 55.4 Å². The van der Waals surface area contributed by atoms with Gasteiger partial charge in [-0.25, -0.2) is 0 Å². The summed E-state index contributed by atoms with van der Waals surface area (Å²) in [5.41, 5.74) is -0.541. The second kappa shape index (κ2) is 5.43. The molecule has 3 aliphatic carbocycles. The molecule has 0 radical (unpaired) electrons. The molecule has 3 rings (SSSR count). The molecule has 2 fully saturated rings. The van der Waals surface area contributed by atoms with E-state index in [1.807, 2.05) is 19.9 Å². The van der Waals surface area contributed by atoms with Crippen molar-refractivity contribution in [2.75, 3.05) is 0 Å². The summed E-state index contributed by atoms with van der Waals surface area (Å²) >= 11 is 0. The first-order valence-corrected chi connectivity index (χ1v) is 9.04. The zero-order valence-corrected chi connectivity index (χ0v) is 15.0. The molecule has 4 heteroatoms. The molecule has 0 bridgehead atoms. The zero-order chi connectivity index (χ0) is 17.9. The molecule has 7 unspecified atom stereocenters. The smallest absolute Gasteiger partial charge is 0.309 e. The van der Waals surface area contributed by atoms with E-state index in [1.165, 1.54) is 0 Å². The summed E-state index contributed by atoms with van der Waals surface area (Å²) in [6.07, 6.45) is 6.12. The first kappa shape index (κ1) is 17.7. The maximum atomic E-state index is 12.0. The SMILES string of the molecule is C=CC1(C)C=C2C(O)CC3C(C)(C(=O)O)CCCC3(C)C2CC1O. The zero-order valence-electron chi connectivity index (χ0n) is 15.0. The number of hydrogen-bond donors (Lipinski definition) is 3. The van der Waals surface area contributed by atoms with Gasteiger partial charge in [0.15, 0.2) is 0 Å². The van der Waals surface area contributed by atoms with Crippen LogP contribution in [0.25, 0.3) is 0 Å². The molecule has 2 saturated carbocycles. The number of rotatable bonds is 2. The van der Waals surface area contributed by atoms with E-state index in [-0.39, 0.29) is 17.3 Å². The highest BCUT2D eigenvalue weighted by Gasteiger charge is 2.61. The average molecular weight is 334 g/mol. The Labute approximate surface area is 144 Å². The van der Waals surface area contributed by atoms with Gasteiger partial charge >= 0.3 is 5.97 Å². The Bertz CT molecular complexity index is 596. The van der Waals surface area contributed by atoms with Crippen LogP contribution in [0.4, 0.5) is 0 Å². The molecular weight excluding hydrogens is 304 g/mol. The highest BCUT2D eigenvalue weighted by atomic mass is 16.4. The van der Waals surface area contributed by atoms with E-state index in [9.17, 15) is 20.1 Å². The van der Waals surface area contributed by atoms with E-state index >= 15 is 0 Å². The number of carboxylic acid groups (broad SMARTS) is 1. The van der Waals surface area contributed by atoms with Crippen molar-refractivity contribution in [3.63, 3.8) is 0 Å². The van der Waals surface area contributed by atoms with Gasteiger partial charge in [-0.15, -0.1) is 6.58 Å². The molecule has 0 spiro atoms. The van der Waals surface area contributed by atoms with Crippen molar-refractivity contribution >= 4 is 5.97 Å². The van der Waals surface area contributed by atoms with Crippen LogP contribution in [0.3, 0.4) is 0 Å². The molecule has 3 N–H and O–H groups in total. The van der Waals surface area contributed by atoms with E-state index in [2.05, 4.69) is 13.5 Å². The minimum absolute atomic E-state index is 0.0354. The quantitative estimate of drug-likeness (QED) is 0.678. The summed E-state index contributed by atoms with van der Waals surface area (Å²) in [5, 5.41) is 31.3. The first-order valence-electron chi connectivity index (χ1n) is 9.04. The molecule has 0 aromatic carbocycles. The van der Waals surface area contributed by atoms with Crippen LogP contribution in [-0.4, -0.2) is 33.5 Å². The van der Waals surface area contributed by atoms with Gasteiger partial charge in [0.1, 0.15) is 0 Å². The van der Waals surface area contributed by atoms with Crippen molar-refractivity contribution in [2.45, 2.75) is 65.1 Å². The fourth-order valence-corrected chi connectivity index (χ4v) is 5.82. The van der Waals surface area contributed by atoms with Gasteiger partial charge in [0.05, 0.1) is 17.6 Å². The van der Waals surface area contributed by atoms with E-state index in [1.54, 1.807) is 6.08 Å². The van der Waals surface area contributed by atoms with Crippen LogP contribution >= 0.6 is 0 Å². The highest BCUT2D eigenvalue weighted by molar-refractivity contribution is 5.75. The standard InChI is InChI=1S/C20H30O4/c1-5-18(2)11-12-13(9-16(18)22)19(3)7-6-8-20(4,17(23)24)15(19)10-14(12)21/h5,11,13-16,21-22H,1,6-10H2,2-4H3,(H,23,24). The predicted octanol–water partition coefficient (Wildman–Crippen LogP) is 3.15. The number of carbonyl (C=O) groups is 1. The Morgan fingerprint density at radius 3 is 2.50 bits per heavy atom. The first-order chi connectivity index (χ1) is 11.1. The van der Waals surface area contributed by atoms with Gasteiger partial charge in [-0.2, -0.15) is 0 Å². The van der Waals surface area contributed by atoms with Crippen molar-refractivity contribution in [1.82, 2.24) is 0 Å². The Morgan fingerprint density at radius 1 is 1.25 bits per heavy atom. The molecule has 0 saturated heterocycles. The van der Waals surface area contributed by atoms with Crippen molar-refractivity contribution in [3.05, 3.63) is 24.3 Å². The van der Waals surface area contributed by atoms with Crippen LogP contribution in [0, 0.1) is 28.1 Å². The lowest BCUT2D eigenvalue weighted by Gasteiger charge is -2.60. The normalized spacial score (nSPS) is 51.1. The van der Waals surface area contributed by atoms with E-state index in [0.29, 0.717) is 19.3 Å². The van der Waals surface area contributed by atoms with Crippen LogP contribution in [-0.2, 0) is 4.79 Å². The van der Waals surface area contributed by atoms with Gasteiger partial charge in [0.25, 0.3) is 0 Å². The van der Waals surface area contributed by atoms with Gasteiger partial charge < -0.3 is 15.3 Å². The molecule has 0 aromatic heterocycles. The van der Waals surface area contributed by atoms with Crippen molar-refractivity contribution in [2.24, 2.45) is 28.1 Å². The number of aliphatic hydroxyl groups is 2. The number of aliphatic hydroxyl groups excluding tert-OH is 2. The summed E-state index contributed by atoms with van der Waals surface area (Å²) < 4.78 is 0. The lowest BCUT2D eigenvalue weighted by molar-refractivity contribution is -0.169. The van der Waals surface area contributed by atoms with Crippen LogP contribution in [0.5, 0.6) is 0 Å². The third kappa shape index (κ3) is 2.22. The monoisotopic (exact) mass is 334 g/mol. The van der Waals surface area contributed by atoms with Gasteiger partial charge in [0, 0.05) is 5.41 Å². The number of aliphatic carboxylic acids is 1. The largest absolute Gasteiger partial charge is 0.481 e. The molecule has 0 aromatic rings. The lowest BCUT2D eigenvalue weighted by atomic mass is 9.44. The lowest BCUT2D eigenvalue weighted by Crippen LogP contribution is -2.58. The van der Waals surface area contributed by atoms with Gasteiger partial charge in [0.2, 0.25) is 0 Å². The third-order valence-corrected chi connectivity index (χ3v) is 7.60. The fourth-order valence-electron chi connectivity index (χ4n) is 5.82. The third-order valence-electron chi connectivity index (χ3n) is 7.60. The van der Waals surface area contributed by atoms with Gasteiger partial charge in [-0.1, -0.05) is 32.4 Å². The number of fused-ring (bicyclic) bond motifs is 3. The Hall–Kier alpha value is -1.13. The maximum absolute atomic E-state index is 12.0. The Kier molecular flexibility index (Phi) is 4.00. The minimum Gasteiger partial charge on any atom is -0.481 e. The van der Waals surface area contributed by atoms with E-state index in [0.717, 1.165) is 18.4 Å². The summed E-state index contributed by atoms with van der Waals surface area (Å²) in [6.45, 7) is 9.80. The second-order valence-electron chi connectivity index (χ2n) is 8.90. The molecule has 134 valence electrons. The highest BCUT2D eigenvalue weighted by Crippen LogP contribution is 2.64. The molecule has 0 amide bonds. The second-order valence-corrected chi connectivity index (χ2v) is 8.90. The van der Waals surface area contributed by atoms with Crippen molar-refractivity contribution in [3.8, 4) is 0 Å². The predicted molar refractivity (Wildman–Crippen MR) is 92.3 cm³/mol. The summed E-state index contributed by atoms with van der Waals surface area (Å²) in [5.74, 6) is -0.799. The molecule has 24 heavy (non-hydrogen) atoms. The number of carboxylic acids is 1. The molecule has 7 atom stereocenters. The summed E-state index contributed by atoms with van der Waals surface area (Å²) in [7, 11) is 0. The maximum Gasteiger partial charge on any atom is 0.309 e. The molecule has 0 heterocycles. The Morgan fingerprint density at radius 2 is 1.92 bits per heavy atom. The fraction of sp³-hybridized carbons (Fsp3) is 0.750. The van der Waals surface area contributed by atoms with Crippen LogP contribution < -0.4 is 0 Å². The van der Waals surface area contributed by atoms with E-state index in [4.69, 9.17) is 0 Å². The topological polar surface area (TPSA) is 77.8 Å². The summed E-state index contributed by atoms with van der Waals surface area (Å²) in [6, 6.07) is 0. The molecule has 0 aliphatic heterocycles. The summed E-state index contributed by atoms with van der Waals surface area (Å²) in [4.78, 5) is 12.0. The van der Waals surface area contributed by atoms with Crippen LogP contribution in [0.2, 0.25) is 0 Å².